The minimum absolute atomic E-state index is 0.0767. The summed E-state index contributed by atoms with van der Waals surface area (Å²) in [4.78, 5) is 56.6. The first kappa shape index (κ1) is 26.2. The number of aromatic nitrogens is 3. The van der Waals surface area contributed by atoms with Crippen molar-refractivity contribution in [3.63, 3.8) is 0 Å². The molecule has 0 fully saturated rings. The largest absolute Gasteiger partial charge is 0.512 e. The van der Waals surface area contributed by atoms with E-state index in [0.717, 1.165) is 10.8 Å². The van der Waals surface area contributed by atoms with E-state index in [1.807, 2.05) is 36.4 Å². The Morgan fingerprint density at radius 2 is 1.10 bits per heavy atom. The van der Waals surface area contributed by atoms with Crippen LogP contribution in [-0.2, 0) is 4.74 Å². The highest BCUT2D eigenvalue weighted by atomic mass is 16.7. The van der Waals surface area contributed by atoms with Crippen LogP contribution in [0.2, 0.25) is 0 Å². The van der Waals surface area contributed by atoms with Crippen molar-refractivity contribution < 1.29 is 43.6 Å². The first-order chi connectivity index (χ1) is 18.8. The molecule has 3 aromatic heterocycles. The molecule has 194 valence electrons. The van der Waals surface area contributed by atoms with Crippen LogP contribution in [0.25, 0.3) is 21.8 Å². The molecule has 0 unspecified atom stereocenters. The fraction of sp³-hybridized carbons (Fsp3) is 0. The summed E-state index contributed by atoms with van der Waals surface area (Å²) in [6, 6.07) is 24.0. The fourth-order valence-electron chi connectivity index (χ4n) is 3.26. The van der Waals surface area contributed by atoms with Gasteiger partial charge in [0.05, 0.1) is 11.0 Å². The normalized spacial score (nSPS) is 10.2. The number of benzene rings is 2. The van der Waals surface area contributed by atoms with Crippen LogP contribution in [0.15, 0.2) is 91.1 Å². The predicted molar refractivity (Wildman–Crippen MR) is 135 cm³/mol. The van der Waals surface area contributed by atoms with E-state index in [2.05, 4.69) is 24.4 Å². The van der Waals surface area contributed by atoms with Crippen LogP contribution >= 0.6 is 0 Å². The Morgan fingerprint density at radius 3 is 1.62 bits per heavy atom. The standard InChI is InChI=1S/C20H12N2O3.C7H5NO6/c23-19(17-11-9-13-5-1-3-7-15(13)21-17)25-20(24)18-12-10-14-6-2-4-8-16(14)22-18;9-6(10)13-4-2-1-3-8-5(4)14-7(11)12/h1-12H;1-3H,(H,9,10)(H,11,12). The third-order valence-corrected chi connectivity index (χ3v) is 4.92. The lowest BCUT2D eigenvalue weighted by molar-refractivity contribution is 0.0389. The lowest BCUT2D eigenvalue weighted by Crippen LogP contribution is -2.15. The van der Waals surface area contributed by atoms with Gasteiger partial charge in [-0.25, -0.2) is 34.1 Å². The average Bonchev–Trinajstić information content (AvgIpc) is 2.93. The van der Waals surface area contributed by atoms with Gasteiger partial charge in [0.1, 0.15) is 11.4 Å². The van der Waals surface area contributed by atoms with Gasteiger partial charge in [-0.1, -0.05) is 48.5 Å². The van der Waals surface area contributed by atoms with Crippen LogP contribution in [0.4, 0.5) is 9.59 Å². The van der Waals surface area contributed by atoms with E-state index in [0.29, 0.717) is 11.0 Å². The summed E-state index contributed by atoms with van der Waals surface area (Å²) >= 11 is 0. The van der Waals surface area contributed by atoms with Gasteiger partial charge in [-0.3, -0.25) is 0 Å². The number of nitrogens with zero attached hydrogens (tertiary/aromatic N) is 3. The molecule has 3 heterocycles. The van der Waals surface area contributed by atoms with Crippen molar-refractivity contribution in [1.29, 1.82) is 0 Å². The second-order valence-electron chi connectivity index (χ2n) is 7.50. The number of carbonyl (C=O) groups is 4. The van der Waals surface area contributed by atoms with Crippen molar-refractivity contribution in [2.45, 2.75) is 0 Å². The van der Waals surface area contributed by atoms with Gasteiger partial charge in [-0.15, -0.1) is 0 Å². The molecule has 5 aromatic rings. The first-order valence-electron chi connectivity index (χ1n) is 11.0. The van der Waals surface area contributed by atoms with Crippen molar-refractivity contribution in [3.05, 3.63) is 103 Å². The molecule has 0 saturated carbocycles. The van der Waals surface area contributed by atoms with E-state index in [1.165, 1.54) is 30.5 Å². The number of fused-ring (bicyclic) bond motifs is 2. The second-order valence-corrected chi connectivity index (χ2v) is 7.50. The Kier molecular flexibility index (Phi) is 7.97. The average molecular weight is 527 g/mol. The lowest BCUT2D eigenvalue weighted by Gasteiger charge is -2.04. The van der Waals surface area contributed by atoms with Crippen LogP contribution in [-0.4, -0.2) is 49.4 Å². The fourth-order valence-corrected chi connectivity index (χ4v) is 3.26. The maximum absolute atomic E-state index is 12.2. The summed E-state index contributed by atoms with van der Waals surface area (Å²) in [6.45, 7) is 0. The highest BCUT2D eigenvalue weighted by Gasteiger charge is 2.18. The van der Waals surface area contributed by atoms with Gasteiger partial charge in [-0.2, -0.15) is 0 Å². The van der Waals surface area contributed by atoms with E-state index in [1.54, 1.807) is 24.3 Å². The number of hydrogen-bond acceptors (Lipinski definition) is 10. The number of esters is 2. The van der Waals surface area contributed by atoms with Gasteiger partial charge < -0.3 is 24.4 Å². The van der Waals surface area contributed by atoms with E-state index >= 15 is 0 Å². The molecule has 0 atom stereocenters. The van der Waals surface area contributed by atoms with Crippen molar-refractivity contribution in [1.82, 2.24) is 15.0 Å². The third-order valence-electron chi connectivity index (χ3n) is 4.92. The predicted octanol–water partition coefficient (Wildman–Crippen LogP) is 4.98. The number of para-hydroxylation sites is 2. The minimum Gasteiger partial charge on any atom is -0.449 e. The highest BCUT2D eigenvalue weighted by molar-refractivity contribution is 6.02. The Labute approximate surface area is 219 Å². The Bertz CT molecular complexity index is 1580. The molecule has 5 rings (SSSR count). The van der Waals surface area contributed by atoms with Crippen LogP contribution in [0.1, 0.15) is 21.0 Å². The third kappa shape index (κ3) is 6.86. The van der Waals surface area contributed by atoms with Crippen LogP contribution in [0.5, 0.6) is 11.6 Å². The maximum Gasteiger partial charge on any atom is 0.512 e. The van der Waals surface area contributed by atoms with Gasteiger partial charge >= 0.3 is 24.2 Å². The van der Waals surface area contributed by atoms with Crippen LogP contribution < -0.4 is 9.47 Å². The molecule has 12 nitrogen and oxygen atoms in total. The molecule has 0 saturated heterocycles. The van der Waals surface area contributed by atoms with E-state index < -0.39 is 30.1 Å². The number of carbonyl (C=O) groups excluding carboxylic acids is 2. The summed E-state index contributed by atoms with van der Waals surface area (Å²) < 4.78 is 13.3. The highest BCUT2D eigenvalue weighted by Crippen LogP contribution is 2.23. The van der Waals surface area contributed by atoms with Crippen molar-refractivity contribution in [3.8, 4) is 11.6 Å². The molecule has 0 amide bonds. The van der Waals surface area contributed by atoms with E-state index in [4.69, 9.17) is 14.9 Å². The molecule has 0 radical (unpaired) electrons. The Balaban J connectivity index is 0.000000215. The van der Waals surface area contributed by atoms with Gasteiger partial charge in [0, 0.05) is 17.0 Å². The summed E-state index contributed by atoms with van der Waals surface area (Å²) in [5.41, 5.74) is 1.47. The lowest BCUT2D eigenvalue weighted by atomic mass is 10.2. The topological polar surface area (TPSA) is 175 Å². The molecule has 0 spiro atoms. The maximum atomic E-state index is 12.2. The summed E-state index contributed by atoms with van der Waals surface area (Å²) in [7, 11) is 0. The molecule has 0 aliphatic heterocycles. The van der Waals surface area contributed by atoms with Crippen molar-refractivity contribution in [2.75, 3.05) is 0 Å². The molecule has 0 aliphatic rings. The number of hydrogen-bond donors (Lipinski definition) is 2. The zero-order chi connectivity index (χ0) is 27.8. The van der Waals surface area contributed by atoms with E-state index in [-0.39, 0.29) is 17.1 Å². The number of rotatable bonds is 4. The smallest absolute Gasteiger partial charge is 0.449 e. The Hall–Kier alpha value is -5.91. The van der Waals surface area contributed by atoms with Crippen molar-refractivity contribution in [2.24, 2.45) is 0 Å². The number of ether oxygens (including phenoxy) is 3. The molecule has 39 heavy (non-hydrogen) atoms. The quantitative estimate of drug-likeness (QED) is 0.237. The van der Waals surface area contributed by atoms with Crippen LogP contribution in [0.3, 0.4) is 0 Å². The molecule has 2 N–H and O–H groups in total. The molecule has 12 heteroatoms. The summed E-state index contributed by atoms with van der Waals surface area (Å²) in [5.74, 6) is -2.29. The summed E-state index contributed by atoms with van der Waals surface area (Å²) in [6.07, 6.45) is -1.93. The molecular weight excluding hydrogens is 510 g/mol. The van der Waals surface area contributed by atoms with E-state index in [9.17, 15) is 19.2 Å². The number of pyridine rings is 3. The zero-order valence-electron chi connectivity index (χ0n) is 19.8. The number of carboxylic acid groups (broad SMARTS) is 2. The van der Waals surface area contributed by atoms with Gasteiger partial charge in [-0.05, 0) is 36.4 Å². The Morgan fingerprint density at radius 1 is 0.590 bits per heavy atom. The van der Waals surface area contributed by atoms with Gasteiger partial charge in [0.25, 0.3) is 5.88 Å². The SMILES string of the molecule is O=C(O)Oc1cccnc1OC(=O)O.O=C(OC(=O)c1ccc2ccccc2n1)c1ccc2ccccc2n1. The first-order valence-corrected chi connectivity index (χ1v) is 11.0. The molecule has 0 aliphatic carbocycles. The monoisotopic (exact) mass is 527 g/mol. The minimum atomic E-state index is -1.60. The van der Waals surface area contributed by atoms with Crippen LogP contribution in [0, 0.1) is 0 Å². The molecule has 0 bridgehead atoms. The molecular formula is C27H17N3O9. The van der Waals surface area contributed by atoms with Gasteiger partial charge in [0.15, 0.2) is 5.75 Å². The van der Waals surface area contributed by atoms with Gasteiger partial charge in [0.2, 0.25) is 0 Å². The molecule has 2 aromatic carbocycles. The zero-order valence-corrected chi connectivity index (χ0v) is 19.8. The second kappa shape index (κ2) is 11.9. The van der Waals surface area contributed by atoms with Crippen molar-refractivity contribution >= 4 is 46.1 Å². The summed E-state index contributed by atoms with van der Waals surface area (Å²) in [5, 5.41) is 18.3.